The van der Waals surface area contributed by atoms with E-state index in [2.05, 4.69) is 0 Å². The summed E-state index contributed by atoms with van der Waals surface area (Å²) in [6, 6.07) is 5.17. The van der Waals surface area contributed by atoms with Gasteiger partial charge in [-0.1, -0.05) is 0 Å². The van der Waals surface area contributed by atoms with Gasteiger partial charge in [0.2, 0.25) is 0 Å². The zero-order valence-corrected chi connectivity index (χ0v) is 10.4. The maximum absolute atomic E-state index is 11.5. The molecule has 92 valence electrons. The second-order valence-electron chi connectivity index (χ2n) is 3.80. The Morgan fingerprint density at radius 3 is 2.44 bits per heavy atom. The minimum atomic E-state index is -1.05. The summed E-state index contributed by atoms with van der Waals surface area (Å²) in [5, 5.41) is 8.73. The summed E-state index contributed by atoms with van der Waals surface area (Å²) in [6.07, 6.45) is 0. The van der Waals surface area contributed by atoms with E-state index in [1.165, 1.54) is 4.90 Å². The molecule has 1 aliphatic heterocycles. The Bertz CT molecular complexity index is 504. The van der Waals surface area contributed by atoms with E-state index >= 15 is 0 Å². The molecule has 0 radical (unpaired) electrons. The highest BCUT2D eigenvalue weighted by Crippen LogP contribution is 2.09. The normalized spacial score (nSPS) is 17.4. The van der Waals surface area contributed by atoms with Crippen LogP contribution in [0.2, 0.25) is 0 Å². The summed E-state index contributed by atoms with van der Waals surface area (Å²) in [4.78, 5) is 25.0. The molecule has 1 aliphatic rings. The van der Waals surface area contributed by atoms with Crippen LogP contribution < -0.4 is 4.78 Å². The van der Waals surface area contributed by atoms with Crippen molar-refractivity contribution < 1.29 is 18.9 Å². The first-order valence-electron chi connectivity index (χ1n) is 5.16. The minimum absolute atomic E-state index is 0.0298. The second kappa shape index (κ2) is 5.20. The Balaban J connectivity index is 2.18. The third-order valence-corrected chi connectivity index (χ3v) is 3.26. The van der Waals surface area contributed by atoms with Crippen molar-refractivity contribution in [2.24, 2.45) is 0 Å². The van der Waals surface area contributed by atoms with Crippen molar-refractivity contribution in [1.29, 1.82) is 5.26 Å². The SMILES string of the molecule is CN1CC(=O)OB(c2ccc(C#N)s2)OC(=O)C1. The van der Waals surface area contributed by atoms with Crippen molar-refractivity contribution in [2.75, 3.05) is 20.1 Å². The maximum Gasteiger partial charge on any atom is 0.647 e. The molecule has 2 rings (SSSR count). The molecule has 0 aliphatic carbocycles. The quantitative estimate of drug-likeness (QED) is 0.627. The summed E-state index contributed by atoms with van der Waals surface area (Å²) < 4.78 is 10.6. The third kappa shape index (κ3) is 2.88. The van der Waals surface area contributed by atoms with E-state index in [1.54, 1.807) is 19.2 Å². The van der Waals surface area contributed by atoms with Crippen molar-refractivity contribution in [3.05, 3.63) is 17.0 Å². The molecule has 0 atom stereocenters. The number of likely N-dealkylation sites (N-methyl/N-ethyl adjacent to an activating group) is 1. The van der Waals surface area contributed by atoms with Gasteiger partial charge in [0.05, 0.1) is 17.9 Å². The lowest BCUT2D eigenvalue weighted by Gasteiger charge is -2.21. The molecular weight excluding hydrogens is 255 g/mol. The van der Waals surface area contributed by atoms with Gasteiger partial charge in [-0.25, -0.2) is 0 Å². The van der Waals surface area contributed by atoms with E-state index < -0.39 is 19.1 Å². The molecule has 0 unspecified atom stereocenters. The average Bonchev–Trinajstić information content (AvgIpc) is 2.74. The molecule has 1 fully saturated rings. The Morgan fingerprint density at radius 1 is 1.33 bits per heavy atom. The van der Waals surface area contributed by atoms with Gasteiger partial charge < -0.3 is 9.31 Å². The van der Waals surface area contributed by atoms with Crippen LogP contribution in [0.15, 0.2) is 12.1 Å². The number of rotatable bonds is 1. The third-order valence-electron chi connectivity index (χ3n) is 2.24. The number of hydrogen-bond acceptors (Lipinski definition) is 7. The van der Waals surface area contributed by atoms with Crippen LogP contribution in [0.5, 0.6) is 0 Å². The predicted molar refractivity (Wildman–Crippen MR) is 64.1 cm³/mol. The van der Waals surface area contributed by atoms with Gasteiger partial charge >= 0.3 is 19.1 Å². The van der Waals surface area contributed by atoms with Gasteiger partial charge in [-0.2, -0.15) is 5.26 Å². The van der Waals surface area contributed by atoms with Crippen molar-refractivity contribution >= 4 is 35.2 Å². The topological polar surface area (TPSA) is 79.6 Å². The van der Waals surface area contributed by atoms with Gasteiger partial charge in [-0.15, -0.1) is 11.3 Å². The van der Waals surface area contributed by atoms with Crippen LogP contribution in [-0.2, 0) is 18.9 Å². The van der Waals surface area contributed by atoms with E-state index in [0.717, 1.165) is 11.3 Å². The number of thiophene rings is 1. The Kier molecular flexibility index (Phi) is 3.65. The molecule has 2 heterocycles. The fraction of sp³-hybridized carbons (Fsp3) is 0.300. The number of carbonyl (C=O) groups excluding carboxylic acids is 2. The van der Waals surface area contributed by atoms with E-state index in [9.17, 15) is 9.59 Å². The zero-order chi connectivity index (χ0) is 13.1. The van der Waals surface area contributed by atoms with Crippen LogP contribution in [0, 0.1) is 11.3 Å². The van der Waals surface area contributed by atoms with Crippen molar-refractivity contribution in [3.8, 4) is 6.07 Å². The van der Waals surface area contributed by atoms with E-state index in [-0.39, 0.29) is 13.1 Å². The molecular formula is C10H9BN2O4S. The molecule has 1 saturated heterocycles. The van der Waals surface area contributed by atoms with Crippen LogP contribution in [0.4, 0.5) is 0 Å². The predicted octanol–water partition coefficient (Wildman–Crippen LogP) is -0.653. The molecule has 1 aromatic rings. The molecule has 0 N–H and O–H groups in total. The van der Waals surface area contributed by atoms with Crippen LogP contribution in [0.1, 0.15) is 4.88 Å². The highest BCUT2D eigenvalue weighted by Gasteiger charge is 2.35. The molecule has 0 saturated carbocycles. The van der Waals surface area contributed by atoms with Crippen LogP contribution >= 0.6 is 11.3 Å². The van der Waals surface area contributed by atoms with Crippen LogP contribution in [-0.4, -0.2) is 44.1 Å². The van der Waals surface area contributed by atoms with Gasteiger partial charge in [0.1, 0.15) is 10.9 Å². The van der Waals surface area contributed by atoms with E-state index in [4.69, 9.17) is 14.6 Å². The first-order valence-corrected chi connectivity index (χ1v) is 5.97. The smallest absolute Gasteiger partial charge is 0.494 e. The summed E-state index contributed by atoms with van der Waals surface area (Å²) in [6.45, 7) is 0.0597. The van der Waals surface area contributed by atoms with Crippen LogP contribution in [0.25, 0.3) is 0 Å². The highest BCUT2D eigenvalue weighted by atomic mass is 32.1. The summed E-state index contributed by atoms with van der Waals surface area (Å²) >= 11 is 1.13. The lowest BCUT2D eigenvalue weighted by molar-refractivity contribution is -0.145. The summed E-state index contributed by atoms with van der Waals surface area (Å²) in [7, 11) is 0.577. The second-order valence-corrected chi connectivity index (χ2v) is 4.91. The monoisotopic (exact) mass is 264 g/mol. The average molecular weight is 264 g/mol. The molecule has 0 aromatic carbocycles. The standard InChI is InChI=1S/C10H9BN2O4S/c1-13-5-9(14)16-11(17-10(15)6-13)8-3-2-7(4-12)18-8/h2-3H,5-6H2,1H3. The number of nitrogens with zero attached hydrogens (tertiary/aromatic N) is 2. The molecule has 8 heteroatoms. The molecule has 1 aromatic heterocycles. The molecule has 6 nitrogen and oxygen atoms in total. The fourth-order valence-corrected chi connectivity index (χ4v) is 2.25. The number of hydrogen-bond donors (Lipinski definition) is 0. The highest BCUT2D eigenvalue weighted by molar-refractivity contribution is 7.22. The zero-order valence-electron chi connectivity index (χ0n) is 9.58. The first kappa shape index (κ1) is 12.6. The number of nitriles is 1. The Morgan fingerprint density at radius 2 is 1.94 bits per heavy atom. The lowest BCUT2D eigenvalue weighted by Crippen LogP contribution is -2.47. The minimum Gasteiger partial charge on any atom is -0.494 e. The van der Waals surface area contributed by atoms with Crippen molar-refractivity contribution in [3.63, 3.8) is 0 Å². The van der Waals surface area contributed by atoms with E-state index in [1.807, 2.05) is 6.07 Å². The maximum atomic E-state index is 11.5. The fourth-order valence-electron chi connectivity index (χ4n) is 1.49. The van der Waals surface area contributed by atoms with Gasteiger partial charge in [-0.05, 0) is 19.2 Å². The van der Waals surface area contributed by atoms with Gasteiger partial charge in [0.15, 0.2) is 0 Å². The first-order chi connectivity index (χ1) is 8.58. The molecule has 0 spiro atoms. The number of carbonyl (C=O) groups is 2. The van der Waals surface area contributed by atoms with Crippen LogP contribution in [0.3, 0.4) is 0 Å². The Labute approximate surface area is 108 Å². The summed E-state index contributed by atoms with van der Waals surface area (Å²) in [5.74, 6) is -0.941. The van der Waals surface area contributed by atoms with Crippen molar-refractivity contribution in [2.45, 2.75) is 0 Å². The van der Waals surface area contributed by atoms with E-state index in [0.29, 0.717) is 9.65 Å². The van der Waals surface area contributed by atoms with Crippen molar-refractivity contribution in [1.82, 2.24) is 4.90 Å². The van der Waals surface area contributed by atoms with Gasteiger partial charge in [-0.3, -0.25) is 14.5 Å². The Hall–Kier alpha value is -1.85. The lowest BCUT2D eigenvalue weighted by atomic mass is 9.87. The molecule has 18 heavy (non-hydrogen) atoms. The van der Waals surface area contributed by atoms with Gasteiger partial charge in [0.25, 0.3) is 0 Å². The molecule has 0 bridgehead atoms. The summed E-state index contributed by atoms with van der Waals surface area (Å²) in [5.41, 5.74) is 0. The largest absolute Gasteiger partial charge is 0.647 e. The van der Waals surface area contributed by atoms with Gasteiger partial charge in [0, 0.05) is 0 Å². The molecule has 0 amide bonds.